The minimum absolute atomic E-state index is 0.123. The summed E-state index contributed by atoms with van der Waals surface area (Å²) in [6.07, 6.45) is 5.18. The number of hydrogen-bond acceptors (Lipinski definition) is 2. The third-order valence-electron chi connectivity index (χ3n) is 5.11. The van der Waals surface area contributed by atoms with Gasteiger partial charge in [-0.1, -0.05) is 34.1 Å². The van der Waals surface area contributed by atoms with Gasteiger partial charge >= 0.3 is 0 Å². The van der Waals surface area contributed by atoms with Gasteiger partial charge in [-0.25, -0.2) is 0 Å². The normalized spacial score (nSPS) is 27.8. The van der Waals surface area contributed by atoms with Crippen molar-refractivity contribution >= 4 is 0 Å². The number of aryl methyl sites for hydroxylation is 2. The summed E-state index contributed by atoms with van der Waals surface area (Å²) in [5.41, 5.74) is 2.58. The van der Waals surface area contributed by atoms with E-state index < -0.39 is 0 Å². The van der Waals surface area contributed by atoms with E-state index in [-0.39, 0.29) is 11.5 Å². The lowest BCUT2D eigenvalue weighted by Gasteiger charge is -2.42. The summed E-state index contributed by atoms with van der Waals surface area (Å²) in [4.78, 5) is 0. The maximum atomic E-state index is 10.5. The van der Waals surface area contributed by atoms with Crippen molar-refractivity contribution in [3.8, 4) is 0 Å². The topological polar surface area (TPSA) is 38.0 Å². The SMILES string of the molecule is CCc1cc(CC(C)(C)C2CCC(C)CC2O)n(C)n1. The van der Waals surface area contributed by atoms with Crippen molar-refractivity contribution in [2.75, 3.05) is 0 Å². The molecule has 0 bridgehead atoms. The summed E-state index contributed by atoms with van der Waals surface area (Å²) in [6, 6.07) is 2.22. The van der Waals surface area contributed by atoms with Crippen LogP contribution in [0.15, 0.2) is 6.07 Å². The molecule has 3 unspecified atom stereocenters. The summed E-state index contributed by atoms with van der Waals surface area (Å²) in [7, 11) is 2.03. The lowest BCUT2D eigenvalue weighted by molar-refractivity contribution is -0.0131. The van der Waals surface area contributed by atoms with Crippen molar-refractivity contribution in [3.05, 3.63) is 17.5 Å². The third kappa shape index (κ3) is 3.25. The smallest absolute Gasteiger partial charge is 0.0624 e. The first-order valence-electron chi connectivity index (χ1n) is 8.03. The highest BCUT2D eigenvalue weighted by molar-refractivity contribution is 5.12. The van der Waals surface area contributed by atoms with E-state index in [9.17, 15) is 5.11 Å². The molecule has 1 aliphatic rings. The zero-order chi connectivity index (χ0) is 14.9. The predicted molar refractivity (Wildman–Crippen MR) is 82.6 cm³/mol. The molecular weight excluding hydrogens is 248 g/mol. The van der Waals surface area contributed by atoms with E-state index in [4.69, 9.17) is 0 Å². The fraction of sp³-hybridized carbons (Fsp3) is 0.824. The number of aliphatic hydroxyl groups excluding tert-OH is 1. The second-order valence-electron chi connectivity index (χ2n) is 7.36. The highest BCUT2D eigenvalue weighted by Gasteiger charge is 2.38. The van der Waals surface area contributed by atoms with Crippen molar-refractivity contribution in [2.45, 2.75) is 65.9 Å². The van der Waals surface area contributed by atoms with Gasteiger partial charge in [0.1, 0.15) is 0 Å². The average molecular weight is 278 g/mol. The molecule has 0 aromatic carbocycles. The molecule has 3 atom stereocenters. The van der Waals surface area contributed by atoms with Crippen LogP contribution >= 0.6 is 0 Å². The van der Waals surface area contributed by atoms with Crippen LogP contribution in [0.25, 0.3) is 0 Å². The van der Waals surface area contributed by atoms with Gasteiger partial charge in [-0.15, -0.1) is 0 Å². The Balaban J connectivity index is 2.11. The molecule has 3 heteroatoms. The first kappa shape index (κ1) is 15.6. The van der Waals surface area contributed by atoms with E-state index in [1.165, 1.54) is 12.1 Å². The van der Waals surface area contributed by atoms with Gasteiger partial charge in [0.2, 0.25) is 0 Å². The molecule has 3 nitrogen and oxygen atoms in total. The Morgan fingerprint density at radius 2 is 2.10 bits per heavy atom. The van der Waals surface area contributed by atoms with Gasteiger partial charge in [-0.05, 0) is 49.0 Å². The first-order valence-corrected chi connectivity index (χ1v) is 8.03. The molecule has 1 aromatic heterocycles. The Morgan fingerprint density at radius 1 is 1.40 bits per heavy atom. The van der Waals surface area contributed by atoms with Gasteiger partial charge in [-0.3, -0.25) is 4.68 Å². The van der Waals surface area contributed by atoms with E-state index in [0.717, 1.165) is 31.4 Å². The Hall–Kier alpha value is -0.830. The molecule has 20 heavy (non-hydrogen) atoms. The van der Waals surface area contributed by atoms with Crippen molar-refractivity contribution < 1.29 is 5.11 Å². The van der Waals surface area contributed by atoms with E-state index in [1.54, 1.807) is 0 Å². The third-order valence-corrected chi connectivity index (χ3v) is 5.11. The molecule has 0 aliphatic heterocycles. The van der Waals surface area contributed by atoms with Crippen molar-refractivity contribution in [1.29, 1.82) is 0 Å². The van der Waals surface area contributed by atoms with Gasteiger partial charge in [-0.2, -0.15) is 5.10 Å². The molecule has 114 valence electrons. The zero-order valence-corrected chi connectivity index (χ0v) is 13.7. The minimum Gasteiger partial charge on any atom is -0.393 e. The van der Waals surface area contributed by atoms with Crippen LogP contribution in [0.1, 0.15) is 58.3 Å². The fourth-order valence-electron chi connectivity index (χ4n) is 3.77. The van der Waals surface area contributed by atoms with E-state index in [2.05, 4.69) is 38.9 Å². The Morgan fingerprint density at radius 3 is 2.65 bits per heavy atom. The van der Waals surface area contributed by atoms with Crippen molar-refractivity contribution in [3.63, 3.8) is 0 Å². The average Bonchev–Trinajstić information content (AvgIpc) is 2.69. The van der Waals surface area contributed by atoms with Crippen LogP contribution in [0.5, 0.6) is 0 Å². The van der Waals surface area contributed by atoms with Crippen LogP contribution < -0.4 is 0 Å². The summed E-state index contributed by atoms with van der Waals surface area (Å²) >= 11 is 0. The van der Waals surface area contributed by atoms with E-state index in [1.807, 2.05) is 11.7 Å². The number of aliphatic hydroxyl groups is 1. The molecule has 1 aromatic rings. The predicted octanol–water partition coefficient (Wildman–Crippen LogP) is 3.35. The lowest BCUT2D eigenvalue weighted by Crippen LogP contribution is -2.40. The number of aromatic nitrogens is 2. The van der Waals surface area contributed by atoms with Gasteiger partial charge < -0.3 is 5.11 Å². The maximum Gasteiger partial charge on any atom is 0.0624 e. The van der Waals surface area contributed by atoms with Crippen LogP contribution in [0.3, 0.4) is 0 Å². The standard InChI is InChI=1S/C17H30N2O/c1-6-13-10-14(19(5)18-13)11-17(3,4)15-8-7-12(2)9-16(15)20/h10,12,15-16,20H,6-9,11H2,1-5H3. The second kappa shape index (κ2) is 5.88. The van der Waals surface area contributed by atoms with Crippen LogP contribution in [0.4, 0.5) is 0 Å². The van der Waals surface area contributed by atoms with Gasteiger partial charge in [0.05, 0.1) is 11.8 Å². The quantitative estimate of drug-likeness (QED) is 0.917. The highest BCUT2D eigenvalue weighted by Crippen LogP contribution is 2.42. The molecule has 0 spiro atoms. The molecule has 1 N–H and O–H groups in total. The molecule has 1 aliphatic carbocycles. The summed E-state index contributed by atoms with van der Waals surface area (Å²) < 4.78 is 2.01. The monoisotopic (exact) mass is 278 g/mol. The second-order valence-corrected chi connectivity index (χ2v) is 7.36. The molecule has 0 saturated heterocycles. The first-order chi connectivity index (χ1) is 9.33. The number of nitrogens with zero attached hydrogens (tertiary/aromatic N) is 2. The Bertz CT molecular complexity index is 450. The van der Waals surface area contributed by atoms with Gasteiger partial charge in [0, 0.05) is 12.7 Å². The summed E-state index contributed by atoms with van der Waals surface area (Å²) in [5, 5.41) is 15.0. The molecule has 0 amide bonds. The fourth-order valence-corrected chi connectivity index (χ4v) is 3.77. The Kier molecular flexibility index (Phi) is 4.58. The summed E-state index contributed by atoms with van der Waals surface area (Å²) in [6.45, 7) is 9.00. The molecule has 1 saturated carbocycles. The summed E-state index contributed by atoms with van der Waals surface area (Å²) in [5.74, 6) is 1.07. The van der Waals surface area contributed by atoms with Gasteiger partial charge in [0.25, 0.3) is 0 Å². The molecule has 2 rings (SSSR count). The Labute approximate surface area is 123 Å². The molecule has 1 fully saturated rings. The molecular formula is C17H30N2O. The molecule has 0 radical (unpaired) electrons. The van der Waals surface area contributed by atoms with Crippen molar-refractivity contribution in [2.24, 2.45) is 24.3 Å². The van der Waals surface area contributed by atoms with Crippen LogP contribution in [-0.4, -0.2) is 21.0 Å². The minimum atomic E-state index is -0.146. The maximum absolute atomic E-state index is 10.5. The lowest BCUT2D eigenvalue weighted by atomic mass is 9.65. The highest BCUT2D eigenvalue weighted by atomic mass is 16.3. The van der Waals surface area contributed by atoms with E-state index >= 15 is 0 Å². The number of rotatable bonds is 4. The molecule has 1 heterocycles. The van der Waals surface area contributed by atoms with Crippen LogP contribution in [0, 0.1) is 17.3 Å². The largest absolute Gasteiger partial charge is 0.393 e. The van der Waals surface area contributed by atoms with E-state index in [0.29, 0.717) is 11.8 Å². The van der Waals surface area contributed by atoms with Crippen LogP contribution in [0.2, 0.25) is 0 Å². The van der Waals surface area contributed by atoms with Crippen LogP contribution in [-0.2, 0) is 19.9 Å². The number of hydrogen-bond donors (Lipinski definition) is 1. The van der Waals surface area contributed by atoms with Crippen molar-refractivity contribution in [1.82, 2.24) is 9.78 Å². The van der Waals surface area contributed by atoms with Gasteiger partial charge in [0.15, 0.2) is 0 Å². The zero-order valence-electron chi connectivity index (χ0n) is 13.7.